The Hall–Kier alpha value is -2.66. The molecule has 2 aliphatic rings. The molecule has 0 bridgehead atoms. The molecule has 7 nitrogen and oxygen atoms in total. The van der Waals surface area contributed by atoms with Crippen molar-refractivity contribution in [2.24, 2.45) is 5.41 Å². The normalized spacial score (nSPS) is 17.1. The third-order valence-electron chi connectivity index (χ3n) is 6.30. The van der Waals surface area contributed by atoms with Gasteiger partial charge < -0.3 is 19.9 Å². The molecule has 2 aliphatic heterocycles. The summed E-state index contributed by atoms with van der Waals surface area (Å²) in [5, 5.41) is 3.35. The number of hydrogen-bond donors (Lipinski definition) is 1. The lowest BCUT2D eigenvalue weighted by molar-refractivity contribution is -0.143. The second-order valence-electron chi connectivity index (χ2n) is 9.20. The highest BCUT2D eigenvalue weighted by atomic mass is 35.5. The quantitative estimate of drug-likeness (QED) is 0.572. The molecule has 35 heavy (non-hydrogen) atoms. The standard InChI is InChI=1S/C23H27F4N5O2.ClH/c1-15(2)32(13-23(25,26)27)21(33)17-9-16(24)3-4-18(17)34-19-10-29-14-30-20(19)31-11-22(12-31)5-7-28-8-6-22;/h3-4,9-10,14-15,28H,5-8,11-13H2,1-2H3;1H. The molecular weight excluding hydrogens is 490 g/mol. The number of nitrogens with one attached hydrogen (secondary N) is 1. The molecule has 0 radical (unpaired) electrons. The van der Waals surface area contributed by atoms with E-state index >= 15 is 0 Å². The lowest BCUT2D eigenvalue weighted by atomic mass is 9.72. The zero-order valence-electron chi connectivity index (χ0n) is 19.4. The number of halogens is 5. The summed E-state index contributed by atoms with van der Waals surface area (Å²) < 4.78 is 59.2. The Labute approximate surface area is 207 Å². The van der Waals surface area contributed by atoms with Crippen LogP contribution >= 0.6 is 12.4 Å². The van der Waals surface area contributed by atoms with Crippen molar-refractivity contribution >= 4 is 24.1 Å². The molecule has 0 saturated carbocycles. The number of aromatic nitrogens is 2. The van der Waals surface area contributed by atoms with Crippen LogP contribution in [0.25, 0.3) is 0 Å². The van der Waals surface area contributed by atoms with E-state index in [0.29, 0.717) is 10.7 Å². The Morgan fingerprint density at radius 1 is 1.23 bits per heavy atom. The molecule has 1 aromatic heterocycles. The zero-order chi connectivity index (χ0) is 24.5. The number of alkyl halides is 3. The first-order chi connectivity index (χ1) is 16.1. The van der Waals surface area contributed by atoms with Crippen LogP contribution in [0.2, 0.25) is 0 Å². The maximum Gasteiger partial charge on any atom is 0.406 e. The minimum absolute atomic E-state index is 0. The number of nitrogens with zero attached hydrogens (tertiary/aromatic N) is 4. The third kappa shape index (κ3) is 6.13. The zero-order valence-corrected chi connectivity index (χ0v) is 20.3. The number of anilines is 1. The minimum atomic E-state index is -4.60. The van der Waals surface area contributed by atoms with Crippen molar-refractivity contribution < 1.29 is 27.1 Å². The second-order valence-corrected chi connectivity index (χ2v) is 9.20. The molecule has 0 aliphatic carbocycles. The van der Waals surface area contributed by atoms with Crippen molar-refractivity contribution in [2.45, 2.75) is 38.9 Å². The molecule has 1 amide bonds. The van der Waals surface area contributed by atoms with E-state index in [1.165, 1.54) is 32.4 Å². The number of benzene rings is 1. The molecule has 0 unspecified atom stereocenters. The predicted molar refractivity (Wildman–Crippen MR) is 125 cm³/mol. The number of hydrogen-bond acceptors (Lipinski definition) is 6. The summed E-state index contributed by atoms with van der Waals surface area (Å²) >= 11 is 0. The van der Waals surface area contributed by atoms with Crippen LogP contribution in [0, 0.1) is 11.2 Å². The summed E-state index contributed by atoms with van der Waals surface area (Å²) in [5.74, 6) is -1.02. The van der Waals surface area contributed by atoms with Gasteiger partial charge >= 0.3 is 6.18 Å². The Morgan fingerprint density at radius 2 is 1.91 bits per heavy atom. The maximum absolute atomic E-state index is 14.0. The number of carbonyl (C=O) groups is 1. The highest BCUT2D eigenvalue weighted by Crippen LogP contribution is 2.43. The van der Waals surface area contributed by atoms with E-state index in [9.17, 15) is 22.4 Å². The first kappa shape index (κ1) is 26.9. The smallest absolute Gasteiger partial charge is 0.406 e. The summed E-state index contributed by atoms with van der Waals surface area (Å²) in [6, 6.07) is 2.45. The Morgan fingerprint density at radius 3 is 2.54 bits per heavy atom. The number of rotatable bonds is 6. The van der Waals surface area contributed by atoms with Crippen LogP contribution in [0.15, 0.2) is 30.7 Å². The highest BCUT2D eigenvalue weighted by Gasteiger charge is 2.45. The first-order valence-electron chi connectivity index (χ1n) is 11.2. The van der Waals surface area contributed by atoms with Crippen LogP contribution < -0.4 is 15.0 Å². The number of amides is 1. The van der Waals surface area contributed by atoms with E-state index in [4.69, 9.17) is 4.74 Å². The van der Waals surface area contributed by atoms with E-state index < -0.39 is 30.5 Å². The molecule has 2 fully saturated rings. The van der Waals surface area contributed by atoms with E-state index in [-0.39, 0.29) is 34.9 Å². The van der Waals surface area contributed by atoms with Crippen molar-refractivity contribution in [1.82, 2.24) is 20.2 Å². The van der Waals surface area contributed by atoms with Gasteiger partial charge in [-0.25, -0.2) is 14.4 Å². The molecule has 1 aromatic carbocycles. The number of piperidine rings is 1. The van der Waals surface area contributed by atoms with Crippen LogP contribution in [-0.2, 0) is 0 Å². The van der Waals surface area contributed by atoms with Crippen molar-refractivity contribution in [3.63, 3.8) is 0 Å². The second kappa shape index (κ2) is 10.5. The van der Waals surface area contributed by atoms with Gasteiger partial charge in [-0.3, -0.25) is 4.79 Å². The van der Waals surface area contributed by atoms with Crippen LogP contribution in [0.5, 0.6) is 11.5 Å². The largest absolute Gasteiger partial charge is 0.451 e. The molecule has 192 valence electrons. The lowest BCUT2D eigenvalue weighted by Gasteiger charge is -2.53. The fraction of sp³-hybridized carbons (Fsp3) is 0.522. The molecular formula is C23H28ClF4N5O2. The van der Waals surface area contributed by atoms with Crippen molar-refractivity contribution in [3.8, 4) is 11.5 Å². The molecule has 1 spiro atoms. The lowest BCUT2D eigenvalue weighted by Crippen LogP contribution is -2.60. The molecule has 12 heteroatoms. The van der Waals surface area contributed by atoms with Crippen molar-refractivity contribution in [1.29, 1.82) is 0 Å². The van der Waals surface area contributed by atoms with E-state index in [1.54, 1.807) is 0 Å². The summed E-state index contributed by atoms with van der Waals surface area (Å²) in [4.78, 5) is 24.1. The molecule has 3 heterocycles. The first-order valence-corrected chi connectivity index (χ1v) is 11.2. The average Bonchev–Trinajstić information content (AvgIpc) is 2.77. The third-order valence-corrected chi connectivity index (χ3v) is 6.30. The van der Waals surface area contributed by atoms with Gasteiger partial charge in [0.15, 0.2) is 11.6 Å². The Bertz CT molecular complexity index is 1040. The molecule has 2 aromatic rings. The van der Waals surface area contributed by atoms with Gasteiger partial charge in [0.1, 0.15) is 24.4 Å². The van der Waals surface area contributed by atoms with Crippen LogP contribution in [0.3, 0.4) is 0 Å². The van der Waals surface area contributed by atoms with Gasteiger partial charge in [-0.2, -0.15) is 13.2 Å². The number of carbonyl (C=O) groups excluding carboxylic acids is 1. The van der Waals surface area contributed by atoms with Crippen molar-refractivity contribution in [2.75, 3.05) is 37.6 Å². The fourth-order valence-electron chi connectivity index (χ4n) is 4.52. The van der Waals surface area contributed by atoms with Gasteiger partial charge in [0.25, 0.3) is 5.91 Å². The number of ether oxygens (including phenoxy) is 1. The van der Waals surface area contributed by atoms with Gasteiger partial charge in [-0.05, 0) is 58.0 Å². The monoisotopic (exact) mass is 517 g/mol. The van der Waals surface area contributed by atoms with E-state index in [1.807, 2.05) is 0 Å². The predicted octanol–water partition coefficient (Wildman–Crippen LogP) is 4.43. The average molecular weight is 518 g/mol. The van der Waals surface area contributed by atoms with Gasteiger partial charge in [0, 0.05) is 24.5 Å². The van der Waals surface area contributed by atoms with Crippen LogP contribution in [0.4, 0.5) is 23.4 Å². The summed E-state index contributed by atoms with van der Waals surface area (Å²) in [5.41, 5.74) is -0.0778. The molecule has 1 N–H and O–H groups in total. The van der Waals surface area contributed by atoms with E-state index in [0.717, 1.165) is 51.2 Å². The van der Waals surface area contributed by atoms with E-state index in [2.05, 4.69) is 20.2 Å². The summed E-state index contributed by atoms with van der Waals surface area (Å²) in [7, 11) is 0. The Kier molecular flexibility index (Phi) is 8.10. The topological polar surface area (TPSA) is 70.6 Å². The summed E-state index contributed by atoms with van der Waals surface area (Å²) in [6.45, 7) is 5.00. The molecule has 4 rings (SSSR count). The van der Waals surface area contributed by atoms with Gasteiger partial charge in [0.05, 0.1) is 11.8 Å². The van der Waals surface area contributed by atoms with Crippen LogP contribution in [0.1, 0.15) is 37.0 Å². The molecule has 2 saturated heterocycles. The van der Waals surface area contributed by atoms with Crippen LogP contribution in [-0.4, -0.2) is 65.7 Å². The Balaban J connectivity index is 0.00000342. The maximum atomic E-state index is 14.0. The van der Waals surface area contributed by atoms with Gasteiger partial charge in [0.2, 0.25) is 0 Å². The summed E-state index contributed by atoms with van der Waals surface area (Å²) in [6.07, 6.45) is 0.341. The minimum Gasteiger partial charge on any atom is -0.451 e. The molecule has 0 atom stereocenters. The fourth-order valence-corrected chi connectivity index (χ4v) is 4.52. The van der Waals surface area contributed by atoms with Crippen molar-refractivity contribution in [3.05, 3.63) is 42.1 Å². The van der Waals surface area contributed by atoms with Gasteiger partial charge in [-0.15, -0.1) is 12.4 Å². The SMILES string of the molecule is CC(C)N(CC(F)(F)F)C(=O)c1cc(F)ccc1Oc1cncnc1N1CC2(CCNCC2)C1.Cl. The highest BCUT2D eigenvalue weighted by molar-refractivity contribution is 5.97. The van der Waals surface area contributed by atoms with Gasteiger partial charge in [-0.1, -0.05) is 0 Å².